The molecule has 2 aliphatic rings. The Hall–Kier alpha value is -3.60. The van der Waals surface area contributed by atoms with Gasteiger partial charge in [-0.15, -0.1) is 5.10 Å². The number of hydrogen-bond donors (Lipinski definition) is 2. The number of fused-ring (bicyclic) bond motifs is 4. The van der Waals surface area contributed by atoms with Crippen molar-refractivity contribution >= 4 is 22.5 Å². The first-order valence-electron chi connectivity index (χ1n) is 13.7. The van der Waals surface area contributed by atoms with Gasteiger partial charge >= 0.3 is 6.18 Å². The van der Waals surface area contributed by atoms with E-state index < -0.39 is 18.6 Å². The van der Waals surface area contributed by atoms with Crippen molar-refractivity contribution < 1.29 is 27.4 Å². The van der Waals surface area contributed by atoms with Crippen molar-refractivity contribution in [3.05, 3.63) is 41.9 Å². The fourth-order valence-corrected chi connectivity index (χ4v) is 5.32. The van der Waals surface area contributed by atoms with E-state index >= 15 is 0 Å². The number of rotatable bonds is 1. The third-order valence-corrected chi connectivity index (χ3v) is 7.32. The van der Waals surface area contributed by atoms with Crippen molar-refractivity contribution in [3.8, 4) is 11.8 Å². The molecule has 41 heavy (non-hydrogen) atoms. The molecule has 0 aliphatic carbocycles. The maximum Gasteiger partial charge on any atom is 0.406 e. The van der Waals surface area contributed by atoms with Gasteiger partial charge in [-0.05, 0) is 56.5 Å². The van der Waals surface area contributed by atoms with Crippen LogP contribution in [0.4, 0.5) is 18.9 Å². The highest BCUT2D eigenvalue weighted by Gasteiger charge is 2.31. The number of nitrogens with one attached hydrogen (secondary N) is 2. The summed E-state index contributed by atoms with van der Waals surface area (Å²) in [5.41, 5.74) is 1.55. The van der Waals surface area contributed by atoms with Crippen LogP contribution in [0.25, 0.3) is 10.9 Å². The van der Waals surface area contributed by atoms with Crippen LogP contribution in [0.3, 0.4) is 0 Å². The molecule has 3 aromatic rings. The van der Waals surface area contributed by atoms with Gasteiger partial charge in [0.1, 0.15) is 6.54 Å². The zero-order valence-electron chi connectivity index (χ0n) is 22.9. The molecule has 0 spiro atoms. The molecule has 0 saturated carbocycles. The van der Waals surface area contributed by atoms with Crippen molar-refractivity contribution in [2.45, 2.75) is 38.1 Å². The molecule has 2 aliphatic heterocycles. The largest absolute Gasteiger partial charge is 0.406 e. The average Bonchev–Trinajstić information content (AvgIpc) is 3.54. The number of ether oxygens (including phenoxy) is 2. The Morgan fingerprint density at radius 3 is 2.78 bits per heavy atom. The molecule has 2 N–H and O–H groups in total. The highest BCUT2D eigenvalue weighted by atomic mass is 19.4. The zero-order chi connectivity index (χ0) is 28.8. The van der Waals surface area contributed by atoms with Gasteiger partial charge in [0.15, 0.2) is 5.69 Å². The molecular weight excluding hydrogens is 539 g/mol. The van der Waals surface area contributed by atoms with Crippen LogP contribution in [0.1, 0.15) is 29.0 Å². The summed E-state index contributed by atoms with van der Waals surface area (Å²) >= 11 is 0. The lowest BCUT2D eigenvalue weighted by molar-refractivity contribution is -0.140. The highest BCUT2D eigenvalue weighted by molar-refractivity contribution is 5.94. The lowest BCUT2D eigenvalue weighted by Gasteiger charge is -2.38. The van der Waals surface area contributed by atoms with E-state index in [9.17, 15) is 18.0 Å². The maximum absolute atomic E-state index is 13.6. The average molecular weight is 574 g/mol. The first kappa shape index (κ1) is 28.9. The molecule has 5 rings (SSSR count). The van der Waals surface area contributed by atoms with E-state index in [0.29, 0.717) is 49.8 Å². The number of benzene rings is 1. The molecule has 2 atom stereocenters. The fourth-order valence-electron chi connectivity index (χ4n) is 5.32. The fraction of sp³-hybridized carbons (Fsp3) is 0.536. The molecule has 1 saturated heterocycles. The first-order valence-corrected chi connectivity index (χ1v) is 13.7. The lowest BCUT2D eigenvalue weighted by Crippen LogP contribution is -2.45. The number of hydrogen-bond acceptors (Lipinski definition) is 7. The van der Waals surface area contributed by atoms with Crippen LogP contribution in [0.2, 0.25) is 0 Å². The third kappa shape index (κ3) is 7.58. The first-order chi connectivity index (χ1) is 19.8. The second-order valence-corrected chi connectivity index (χ2v) is 10.4. The Morgan fingerprint density at radius 1 is 1.12 bits per heavy atom. The van der Waals surface area contributed by atoms with Gasteiger partial charge in [0, 0.05) is 30.3 Å². The van der Waals surface area contributed by atoms with Crippen LogP contribution in [-0.4, -0.2) is 95.7 Å². The number of likely N-dealkylation sites (tertiary alicyclic amines) is 1. The molecule has 1 amide bonds. The summed E-state index contributed by atoms with van der Waals surface area (Å²) in [5.74, 6) is 5.44. The summed E-state index contributed by atoms with van der Waals surface area (Å²) in [5, 5.41) is 15.2. The summed E-state index contributed by atoms with van der Waals surface area (Å²) < 4.78 is 53.4. The minimum absolute atomic E-state index is 0.0648. The lowest BCUT2D eigenvalue weighted by atomic mass is 9.89. The Balaban J connectivity index is 1.44. The summed E-state index contributed by atoms with van der Waals surface area (Å²) in [6.45, 7) is 2.78. The molecule has 0 radical (unpaired) electrons. The summed E-state index contributed by atoms with van der Waals surface area (Å²) in [6, 6.07) is 7.16. The Morgan fingerprint density at radius 2 is 1.95 bits per heavy atom. The van der Waals surface area contributed by atoms with Gasteiger partial charge in [0.25, 0.3) is 5.91 Å². The van der Waals surface area contributed by atoms with E-state index in [1.165, 1.54) is 15.6 Å². The molecule has 220 valence electrons. The molecule has 1 aromatic carbocycles. The number of carbonyl (C=O) groups excluding carboxylic acids is 1. The standard InChI is InChI=1S/C28H34F3N7O3/c1-36-10-7-23-20(18-36)8-12-40-14-15-41-13-11-38-33-17-25(35-38)27(39)32-9-3-4-21-16-22-24(34-23)5-2-6-26(22)37(21)19-28(29,30)31/h2,5-6,16-17,20,23,34H,7-15,18-19H2,1H3,(H,32,39). The van der Waals surface area contributed by atoms with Crippen molar-refractivity contribution in [3.63, 3.8) is 0 Å². The highest BCUT2D eigenvalue weighted by Crippen LogP contribution is 2.32. The summed E-state index contributed by atoms with van der Waals surface area (Å²) in [6.07, 6.45) is -1.35. The second kappa shape index (κ2) is 12.9. The maximum atomic E-state index is 13.6. The third-order valence-electron chi connectivity index (χ3n) is 7.32. The van der Waals surface area contributed by atoms with Crippen LogP contribution >= 0.6 is 0 Å². The van der Waals surface area contributed by atoms with E-state index in [1.807, 2.05) is 6.07 Å². The molecular formula is C28H34F3N7O3. The van der Waals surface area contributed by atoms with Gasteiger partial charge in [-0.25, -0.2) is 0 Å². The van der Waals surface area contributed by atoms with Crippen LogP contribution < -0.4 is 10.6 Å². The predicted molar refractivity (Wildman–Crippen MR) is 146 cm³/mol. The van der Waals surface area contributed by atoms with Gasteiger partial charge < -0.3 is 29.6 Å². The van der Waals surface area contributed by atoms with Crippen LogP contribution in [0.15, 0.2) is 30.5 Å². The molecule has 4 bridgehead atoms. The van der Waals surface area contributed by atoms with Crippen molar-refractivity contribution in [1.29, 1.82) is 0 Å². The number of amides is 1. The van der Waals surface area contributed by atoms with Gasteiger partial charge in [0.05, 0.1) is 50.3 Å². The molecule has 13 heteroatoms. The molecule has 2 unspecified atom stereocenters. The number of aromatic nitrogens is 4. The summed E-state index contributed by atoms with van der Waals surface area (Å²) in [7, 11) is 2.09. The van der Waals surface area contributed by atoms with Crippen LogP contribution in [-0.2, 0) is 22.6 Å². The molecule has 10 nitrogen and oxygen atoms in total. The number of alkyl halides is 3. The second-order valence-electron chi connectivity index (χ2n) is 10.4. The quantitative estimate of drug-likeness (QED) is 0.432. The number of piperidine rings is 1. The monoisotopic (exact) mass is 573 g/mol. The van der Waals surface area contributed by atoms with Crippen molar-refractivity contribution in [2.24, 2.45) is 5.92 Å². The van der Waals surface area contributed by atoms with Gasteiger partial charge in [0.2, 0.25) is 0 Å². The number of nitrogens with zero attached hydrogens (tertiary/aromatic N) is 5. The van der Waals surface area contributed by atoms with Gasteiger partial charge in [-0.3, -0.25) is 4.79 Å². The van der Waals surface area contributed by atoms with Gasteiger partial charge in [-0.2, -0.15) is 23.1 Å². The normalized spacial score (nSPS) is 21.9. The minimum atomic E-state index is -4.43. The number of anilines is 1. The van der Waals surface area contributed by atoms with Crippen molar-refractivity contribution in [2.75, 3.05) is 58.4 Å². The van der Waals surface area contributed by atoms with Crippen LogP contribution in [0.5, 0.6) is 0 Å². The predicted octanol–water partition coefficient (Wildman–Crippen LogP) is 2.75. The topological polar surface area (TPSA) is 98.5 Å². The summed E-state index contributed by atoms with van der Waals surface area (Å²) in [4.78, 5) is 16.1. The number of carbonyl (C=O) groups is 1. The minimum Gasteiger partial charge on any atom is -0.381 e. The zero-order valence-corrected chi connectivity index (χ0v) is 22.9. The van der Waals surface area contributed by atoms with E-state index in [0.717, 1.165) is 31.6 Å². The Labute approximate surface area is 236 Å². The van der Waals surface area contributed by atoms with E-state index in [2.05, 4.69) is 44.6 Å². The molecule has 1 fully saturated rings. The van der Waals surface area contributed by atoms with E-state index in [-0.39, 0.29) is 24.0 Å². The smallest absolute Gasteiger partial charge is 0.381 e. The number of halogens is 3. The van der Waals surface area contributed by atoms with E-state index in [1.54, 1.807) is 18.2 Å². The SMILES string of the molecule is CN1CCC2Nc3cccc4c3cc(n4CC(F)(F)F)C#CCNC(=O)c3cnn(n3)CCOCCOCCC2C1. The molecule has 2 aromatic heterocycles. The van der Waals surface area contributed by atoms with Gasteiger partial charge in [-0.1, -0.05) is 12.0 Å². The van der Waals surface area contributed by atoms with Crippen LogP contribution in [0, 0.1) is 17.8 Å². The Kier molecular flexibility index (Phi) is 9.12. The Bertz CT molecular complexity index is 1410. The van der Waals surface area contributed by atoms with E-state index in [4.69, 9.17) is 9.47 Å². The molecule has 4 heterocycles. The van der Waals surface area contributed by atoms with Crippen molar-refractivity contribution in [1.82, 2.24) is 29.8 Å².